The molecule has 5 rings (SSSR count). The summed E-state index contributed by atoms with van der Waals surface area (Å²) in [4.78, 5) is 21.5. The largest absolute Gasteiger partial charge is 0.360 e. The van der Waals surface area contributed by atoms with Crippen LogP contribution in [0.2, 0.25) is 5.02 Å². The number of benzene rings is 3. The predicted octanol–water partition coefficient (Wildman–Crippen LogP) is 5.98. The summed E-state index contributed by atoms with van der Waals surface area (Å²) in [7, 11) is 1.95. The molecule has 5 nitrogen and oxygen atoms in total. The Labute approximate surface area is 203 Å². The molecule has 2 heterocycles. The Balaban J connectivity index is 1.40. The molecule has 0 unspecified atom stereocenters. The van der Waals surface area contributed by atoms with Crippen molar-refractivity contribution in [3.8, 4) is 11.3 Å². The predicted molar refractivity (Wildman–Crippen MR) is 137 cm³/mol. The average Bonchev–Trinajstić information content (AvgIpc) is 3.49. The van der Waals surface area contributed by atoms with E-state index >= 15 is 0 Å². The lowest BCUT2D eigenvalue weighted by atomic mass is 9.96. The maximum Gasteiger partial charge on any atom is 0.186 e. The molecular formula is C28H25ClN4O. The van der Waals surface area contributed by atoms with Crippen molar-refractivity contribution in [3.05, 3.63) is 113 Å². The van der Waals surface area contributed by atoms with E-state index in [1.165, 1.54) is 5.56 Å². The first-order chi connectivity index (χ1) is 16.6. The van der Waals surface area contributed by atoms with E-state index in [0.717, 1.165) is 39.2 Å². The second-order valence-corrected chi connectivity index (χ2v) is 8.86. The normalized spacial score (nSPS) is 12.2. The fourth-order valence-corrected chi connectivity index (χ4v) is 4.35. The van der Waals surface area contributed by atoms with Crippen molar-refractivity contribution in [3.63, 3.8) is 0 Å². The van der Waals surface area contributed by atoms with E-state index in [0.29, 0.717) is 12.1 Å². The molecule has 0 saturated carbocycles. The van der Waals surface area contributed by atoms with E-state index in [4.69, 9.17) is 11.6 Å². The van der Waals surface area contributed by atoms with E-state index in [2.05, 4.69) is 15.3 Å². The number of imidazole rings is 1. The number of carbonyl (C=O) groups is 1. The van der Waals surface area contributed by atoms with Crippen LogP contribution in [-0.2, 0) is 13.5 Å². The molecule has 0 fully saturated rings. The van der Waals surface area contributed by atoms with Crippen molar-refractivity contribution < 1.29 is 4.79 Å². The molecule has 34 heavy (non-hydrogen) atoms. The van der Waals surface area contributed by atoms with Crippen LogP contribution < -0.4 is 5.32 Å². The number of carbonyl (C=O) groups excluding carboxylic acids is 1. The van der Waals surface area contributed by atoms with E-state index in [1.807, 2.05) is 96.8 Å². The van der Waals surface area contributed by atoms with Crippen LogP contribution in [0, 0.1) is 0 Å². The molecule has 170 valence electrons. The third kappa shape index (κ3) is 4.67. The van der Waals surface area contributed by atoms with Gasteiger partial charge in [0, 0.05) is 53.0 Å². The van der Waals surface area contributed by atoms with Crippen LogP contribution in [0.1, 0.15) is 27.5 Å². The van der Waals surface area contributed by atoms with Gasteiger partial charge in [0.05, 0.1) is 18.1 Å². The smallest absolute Gasteiger partial charge is 0.186 e. The Kier molecular flexibility index (Phi) is 6.30. The highest BCUT2D eigenvalue weighted by atomic mass is 35.5. The number of ketones is 1. The van der Waals surface area contributed by atoms with Crippen LogP contribution >= 0.6 is 11.6 Å². The molecule has 0 bridgehead atoms. The Morgan fingerprint density at radius 1 is 1.09 bits per heavy atom. The van der Waals surface area contributed by atoms with E-state index in [-0.39, 0.29) is 5.78 Å². The maximum absolute atomic E-state index is 13.8. The molecule has 6 heteroatoms. The number of halogens is 1. The van der Waals surface area contributed by atoms with Gasteiger partial charge in [-0.15, -0.1) is 0 Å². The van der Waals surface area contributed by atoms with Gasteiger partial charge >= 0.3 is 0 Å². The van der Waals surface area contributed by atoms with Gasteiger partial charge in [-0.3, -0.25) is 4.79 Å². The van der Waals surface area contributed by atoms with Crippen molar-refractivity contribution in [2.24, 2.45) is 7.05 Å². The van der Waals surface area contributed by atoms with Gasteiger partial charge in [0.15, 0.2) is 5.78 Å². The number of fused-ring (bicyclic) bond motifs is 1. The minimum Gasteiger partial charge on any atom is -0.360 e. The first-order valence-electron chi connectivity index (χ1n) is 11.2. The average molecular weight is 469 g/mol. The molecule has 0 radical (unpaired) electrons. The number of H-pyrrole nitrogens is 1. The molecule has 0 spiro atoms. The SMILES string of the molecule is Cn1cnc(-c2ccc3c(C(=O)[C@@H](NCCc4ccc(Cl)cc4)c4ccccc4)c[nH]c3c2)c1. The number of aromatic amines is 1. The minimum absolute atomic E-state index is 0.0409. The van der Waals surface area contributed by atoms with Crippen LogP contribution in [-0.4, -0.2) is 26.9 Å². The minimum atomic E-state index is -0.442. The summed E-state index contributed by atoms with van der Waals surface area (Å²) in [6.45, 7) is 0.666. The van der Waals surface area contributed by atoms with E-state index in [9.17, 15) is 4.79 Å². The number of hydrogen-bond donors (Lipinski definition) is 2. The molecular weight excluding hydrogens is 444 g/mol. The van der Waals surface area contributed by atoms with Crippen molar-refractivity contribution in [1.29, 1.82) is 0 Å². The van der Waals surface area contributed by atoms with E-state index < -0.39 is 6.04 Å². The van der Waals surface area contributed by atoms with Gasteiger partial charge in [0.2, 0.25) is 0 Å². The lowest BCUT2D eigenvalue weighted by molar-refractivity contribution is 0.0945. The zero-order valence-corrected chi connectivity index (χ0v) is 19.6. The number of Topliss-reactive ketones (excluding diaryl/α,β-unsaturated/α-hetero) is 1. The second-order valence-electron chi connectivity index (χ2n) is 8.43. The topological polar surface area (TPSA) is 62.7 Å². The quantitative estimate of drug-likeness (QED) is 0.275. The molecule has 0 aliphatic rings. The number of aryl methyl sites for hydroxylation is 1. The molecule has 2 N–H and O–H groups in total. The van der Waals surface area contributed by atoms with Gasteiger partial charge in [-0.25, -0.2) is 4.98 Å². The van der Waals surface area contributed by atoms with Crippen molar-refractivity contribution >= 4 is 28.3 Å². The lowest BCUT2D eigenvalue weighted by Gasteiger charge is -2.18. The van der Waals surface area contributed by atoms with Crippen LogP contribution in [0.3, 0.4) is 0 Å². The Morgan fingerprint density at radius 2 is 1.88 bits per heavy atom. The van der Waals surface area contributed by atoms with Crippen LogP contribution in [0.5, 0.6) is 0 Å². The maximum atomic E-state index is 13.8. The van der Waals surface area contributed by atoms with Crippen LogP contribution in [0.4, 0.5) is 0 Å². The lowest BCUT2D eigenvalue weighted by Crippen LogP contribution is -2.30. The summed E-state index contributed by atoms with van der Waals surface area (Å²) < 4.78 is 1.92. The third-order valence-corrected chi connectivity index (χ3v) is 6.27. The first-order valence-corrected chi connectivity index (χ1v) is 11.6. The summed E-state index contributed by atoms with van der Waals surface area (Å²) in [6.07, 6.45) is 6.37. The number of hydrogen-bond acceptors (Lipinski definition) is 3. The molecule has 0 saturated heterocycles. The molecule has 1 atom stereocenters. The van der Waals surface area contributed by atoms with Gasteiger partial charge in [0.25, 0.3) is 0 Å². The van der Waals surface area contributed by atoms with Gasteiger partial charge in [0.1, 0.15) is 0 Å². The molecule has 5 aromatic rings. The van der Waals surface area contributed by atoms with Crippen LogP contribution in [0.15, 0.2) is 91.5 Å². The van der Waals surface area contributed by atoms with Crippen molar-refractivity contribution in [1.82, 2.24) is 19.9 Å². The van der Waals surface area contributed by atoms with Crippen molar-refractivity contribution in [2.45, 2.75) is 12.5 Å². The molecule has 3 aromatic carbocycles. The summed E-state index contributed by atoms with van der Waals surface area (Å²) in [5, 5.41) is 5.11. The second kappa shape index (κ2) is 9.67. The zero-order valence-electron chi connectivity index (χ0n) is 18.8. The number of aromatic nitrogens is 3. The Bertz CT molecular complexity index is 1420. The number of nitrogens with one attached hydrogen (secondary N) is 2. The van der Waals surface area contributed by atoms with Crippen LogP contribution in [0.25, 0.3) is 22.2 Å². The zero-order chi connectivity index (χ0) is 23.5. The molecule has 0 aliphatic heterocycles. The third-order valence-electron chi connectivity index (χ3n) is 6.02. The monoisotopic (exact) mass is 468 g/mol. The Morgan fingerprint density at radius 3 is 2.62 bits per heavy atom. The standard InChI is InChI=1S/C28H25ClN4O/c1-33-17-26(32-18-33)21-9-12-23-24(16-31-25(23)15-21)28(34)27(20-5-3-2-4-6-20)30-14-13-19-7-10-22(29)11-8-19/h2-12,15-18,27,30-31H,13-14H2,1H3/t27-/m0/s1. The van der Waals surface area contributed by atoms with Crippen molar-refractivity contribution in [2.75, 3.05) is 6.54 Å². The highest BCUT2D eigenvalue weighted by molar-refractivity contribution is 6.30. The number of nitrogens with zero attached hydrogens (tertiary/aromatic N) is 2. The fourth-order valence-electron chi connectivity index (χ4n) is 4.23. The summed E-state index contributed by atoms with van der Waals surface area (Å²) in [5.41, 5.74) is 5.62. The first kappa shape index (κ1) is 22.1. The summed E-state index contributed by atoms with van der Waals surface area (Å²) in [6, 6.07) is 23.3. The van der Waals surface area contributed by atoms with E-state index in [1.54, 1.807) is 6.33 Å². The highest BCUT2D eigenvalue weighted by Gasteiger charge is 2.24. The van der Waals surface area contributed by atoms with Gasteiger partial charge in [-0.2, -0.15) is 0 Å². The molecule has 0 aliphatic carbocycles. The van der Waals surface area contributed by atoms with Gasteiger partial charge < -0.3 is 14.9 Å². The summed E-state index contributed by atoms with van der Waals surface area (Å²) in [5.74, 6) is 0.0409. The molecule has 2 aromatic heterocycles. The van der Waals surface area contributed by atoms with Gasteiger partial charge in [-0.05, 0) is 35.7 Å². The summed E-state index contributed by atoms with van der Waals surface area (Å²) >= 11 is 6.00. The Hall–Kier alpha value is -3.67. The fraction of sp³-hybridized carbons (Fsp3) is 0.143. The highest BCUT2D eigenvalue weighted by Crippen LogP contribution is 2.28. The number of rotatable bonds is 8. The molecule has 0 amide bonds. The van der Waals surface area contributed by atoms with Gasteiger partial charge in [-0.1, -0.05) is 66.2 Å².